The second kappa shape index (κ2) is 10.2. The fourth-order valence-electron chi connectivity index (χ4n) is 6.57. The molecule has 0 atom stereocenters. The molecule has 0 N–H and O–H groups in total. The van der Waals surface area contributed by atoms with Crippen LogP contribution >= 0.6 is 0 Å². The van der Waals surface area contributed by atoms with Crippen molar-refractivity contribution in [1.29, 1.82) is 0 Å². The maximum Gasteiger partial charge on any atom is 0.238 e. The molecule has 4 nitrogen and oxygen atoms in total. The molecule has 1 aliphatic heterocycles. The zero-order chi connectivity index (χ0) is 29.7. The summed E-state index contributed by atoms with van der Waals surface area (Å²) >= 11 is 0. The Hall–Kier alpha value is -6.13. The molecular formula is C41H26N4. The van der Waals surface area contributed by atoms with Crippen molar-refractivity contribution >= 4 is 38.9 Å². The predicted molar refractivity (Wildman–Crippen MR) is 185 cm³/mol. The molecule has 2 heterocycles. The summed E-state index contributed by atoms with van der Waals surface area (Å²) in [6, 6.07) is 55.2. The monoisotopic (exact) mass is 574 g/mol. The van der Waals surface area contributed by atoms with Crippen LogP contribution in [0.25, 0.3) is 66.6 Å². The number of benzene rings is 7. The highest BCUT2D eigenvalue weighted by atomic mass is 15.3. The Bertz CT molecular complexity index is 2310. The summed E-state index contributed by atoms with van der Waals surface area (Å²) in [4.78, 5) is 17.7. The third-order valence-electron chi connectivity index (χ3n) is 8.64. The van der Waals surface area contributed by atoms with Crippen molar-refractivity contribution in [2.75, 3.05) is 4.90 Å². The van der Waals surface area contributed by atoms with Crippen LogP contribution in [0.1, 0.15) is 0 Å². The van der Waals surface area contributed by atoms with Gasteiger partial charge in [0.1, 0.15) is 0 Å². The quantitative estimate of drug-likeness (QED) is 0.210. The summed E-state index contributed by atoms with van der Waals surface area (Å²) in [6.07, 6.45) is 0. The lowest BCUT2D eigenvalue weighted by Gasteiger charge is -2.31. The van der Waals surface area contributed by atoms with Crippen molar-refractivity contribution in [2.45, 2.75) is 0 Å². The van der Waals surface area contributed by atoms with Gasteiger partial charge < -0.3 is 0 Å². The highest BCUT2D eigenvalue weighted by molar-refractivity contribution is 6.12. The smallest absolute Gasteiger partial charge is 0.238 e. The number of fused-ring (bicyclic) bond motifs is 5. The summed E-state index contributed by atoms with van der Waals surface area (Å²) in [7, 11) is 0. The van der Waals surface area contributed by atoms with E-state index in [0.717, 1.165) is 39.0 Å². The molecule has 9 rings (SSSR count). The van der Waals surface area contributed by atoms with Crippen LogP contribution in [0.15, 0.2) is 158 Å². The molecule has 0 radical (unpaired) electrons. The molecule has 7 aromatic carbocycles. The number of para-hydroxylation sites is 2. The van der Waals surface area contributed by atoms with Crippen LogP contribution in [0.3, 0.4) is 0 Å². The molecule has 1 aromatic heterocycles. The van der Waals surface area contributed by atoms with Crippen molar-refractivity contribution in [3.8, 4) is 45.0 Å². The third kappa shape index (κ3) is 4.19. The van der Waals surface area contributed by atoms with Crippen LogP contribution in [0.2, 0.25) is 0 Å². The van der Waals surface area contributed by atoms with Crippen LogP contribution in [0.5, 0.6) is 0 Å². The van der Waals surface area contributed by atoms with Crippen molar-refractivity contribution < 1.29 is 0 Å². The van der Waals surface area contributed by atoms with Gasteiger partial charge in [0, 0.05) is 22.3 Å². The van der Waals surface area contributed by atoms with E-state index in [4.69, 9.17) is 15.0 Å². The van der Waals surface area contributed by atoms with E-state index in [9.17, 15) is 0 Å². The van der Waals surface area contributed by atoms with Crippen LogP contribution in [0.4, 0.5) is 17.3 Å². The molecule has 0 saturated carbocycles. The molecule has 0 unspecified atom stereocenters. The minimum Gasteiger partial charge on any atom is -0.278 e. The molecule has 0 amide bonds. The molecule has 210 valence electrons. The second-order valence-electron chi connectivity index (χ2n) is 11.3. The fraction of sp³-hybridized carbons (Fsp3) is 0. The average Bonchev–Trinajstić information content (AvgIpc) is 3.11. The summed E-state index contributed by atoms with van der Waals surface area (Å²) in [5, 5.41) is 4.79. The van der Waals surface area contributed by atoms with Crippen molar-refractivity contribution in [1.82, 2.24) is 15.0 Å². The molecule has 0 spiro atoms. The standard InChI is InChI=1S/C41H26N4/c1-2-13-29(14-3-1)39-42-40(31-25-24-27-12-4-5-15-30(27)26-31)44-41(43-39)45-36-22-8-6-18-32(36)34-20-10-16-28-17-11-21-35(38(28)34)33-19-7-9-23-37(33)45/h1-26H. The van der Waals surface area contributed by atoms with Gasteiger partial charge >= 0.3 is 0 Å². The van der Waals surface area contributed by atoms with E-state index in [1.54, 1.807) is 0 Å². The molecule has 0 aliphatic carbocycles. The van der Waals surface area contributed by atoms with Crippen LogP contribution in [-0.2, 0) is 0 Å². The molecule has 0 bridgehead atoms. The van der Waals surface area contributed by atoms with Gasteiger partial charge in [0.05, 0.1) is 11.4 Å². The number of aromatic nitrogens is 3. The predicted octanol–water partition coefficient (Wildman–Crippen LogP) is 10.6. The Balaban J connectivity index is 1.36. The lowest BCUT2D eigenvalue weighted by atomic mass is 9.88. The Kier molecular flexibility index (Phi) is 5.78. The van der Waals surface area contributed by atoms with Crippen LogP contribution in [-0.4, -0.2) is 15.0 Å². The summed E-state index contributed by atoms with van der Waals surface area (Å²) in [5.41, 5.74) is 8.53. The topological polar surface area (TPSA) is 41.9 Å². The molecule has 45 heavy (non-hydrogen) atoms. The van der Waals surface area contributed by atoms with Gasteiger partial charge in [-0.25, -0.2) is 4.98 Å². The maximum atomic E-state index is 5.24. The zero-order valence-electron chi connectivity index (χ0n) is 24.3. The van der Waals surface area contributed by atoms with Gasteiger partial charge in [0.15, 0.2) is 11.6 Å². The molecule has 4 heteroatoms. The lowest BCUT2D eigenvalue weighted by Crippen LogP contribution is -2.17. The minimum atomic E-state index is 0.568. The number of nitrogens with zero attached hydrogens (tertiary/aromatic N) is 4. The second-order valence-corrected chi connectivity index (χ2v) is 11.3. The van der Waals surface area contributed by atoms with E-state index in [2.05, 4.69) is 144 Å². The fourth-order valence-corrected chi connectivity index (χ4v) is 6.57. The molecule has 1 aliphatic rings. The lowest BCUT2D eigenvalue weighted by molar-refractivity contribution is 1.02. The summed E-state index contributed by atoms with van der Waals surface area (Å²) < 4.78 is 0. The minimum absolute atomic E-state index is 0.568. The van der Waals surface area contributed by atoms with E-state index >= 15 is 0 Å². The van der Waals surface area contributed by atoms with Crippen LogP contribution in [0, 0.1) is 0 Å². The van der Waals surface area contributed by atoms with Crippen LogP contribution < -0.4 is 4.90 Å². The summed E-state index contributed by atoms with van der Waals surface area (Å²) in [5.74, 6) is 1.82. The number of hydrogen-bond acceptors (Lipinski definition) is 4. The number of hydrogen-bond donors (Lipinski definition) is 0. The average molecular weight is 575 g/mol. The molecule has 0 fully saturated rings. The first-order valence-electron chi connectivity index (χ1n) is 15.1. The Morgan fingerprint density at radius 3 is 1.58 bits per heavy atom. The first-order chi connectivity index (χ1) is 22.3. The van der Waals surface area contributed by atoms with Crippen molar-refractivity contribution in [2.24, 2.45) is 0 Å². The van der Waals surface area contributed by atoms with Gasteiger partial charge in [-0.2, -0.15) is 9.97 Å². The van der Waals surface area contributed by atoms with E-state index < -0.39 is 0 Å². The van der Waals surface area contributed by atoms with Crippen molar-refractivity contribution in [3.05, 3.63) is 158 Å². The molecular weight excluding hydrogens is 548 g/mol. The highest BCUT2D eigenvalue weighted by Gasteiger charge is 2.27. The van der Waals surface area contributed by atoms with Gasteiger partial charge in [-0.15, -0.1) is 0 Å². The van der Waals surface area contributed by atoms with Gasteiger partial charge in [-0.1, -0.05) is 140 Å². The number of rotatable bonds is 3. The first kappa shape index (κ1) is 25.4. The third-order valence-corrected chi connectivity index (χ3v) is 8.64. The Morgan fingerprint density at radius 2 is 0.889 bits per heavy atom. The Morgan fingerprint density at radius 1 is 0.356 bits per heavy atom. The Labute approximate surface area is 260 Å². The van der Waals surface area contributed by atoms with E-state index in [-0.39, 0.29) is 0 Å². The van der Waals surface area contributed by atoms with Gasteiger partial charge in [-0.05, 0) is 50.9 Å². The van der Waals surface area contributed by atoms with Gasteiger partial charge in [0.25, 0.3) is 0 Å². The van der Waals surface area contributed by atoms with E-state index in [1.807, 2.05) is 18.2 Å². The molecule has 0 saturated heterocycles. The SMILES string of the molecule is c1ccc(-c2nc(-c3ccc4ccccc4c3)nc(N3c4ccccc4-c4cccc5cccc(c45)-c4ccccc43)n2)cc1. The first-order valence-corrected chi connectivity index (χ1v) is 15.1. The maximum absolute atomic E-state index is 5.24. The molecule has 8 aromatic rings. The summed E-state index contributed by atoms with van der Waals surface area (Å²) in [6.45, 7) is 0. The van der Waals surface area contributed by atoms with E-state index in [0.29, 0.717) is 17.6 Å². The zero-order valence-corrected chi connectivity index (χ0v) is 24.3. The number of anilines is 3. The largest absolute Gasteiger partial charge is 0.278 e. The highest BCUT2D eigenvalue weighted by Crippen LogP contribution is 2.49. The normalized spacial score (nSPS) is 12.0. The van der Waals surface area contributed by atoms with Crippen molar-refractivity contribution in [3.63, 3.8) is 0 Å². The van der Waals surface area contributed by atoms with E-state index in [1.165, 1.54) is 27.3 Å². The van der Waals surface area contributed by atoms with Gasteiger partial charge in [0.2, 0.25) is 5.95 Å². The van der Waals surface area contributed by atoms with Gasteiger partial charge in [-0.3, -0.25) is 4.90 Å².